The number of hydrogen-bond donors (Lipinski definition) is 0. The number of hydrogen-bond acceptors (Lipinski definition) is 4. The van der Waals surface area contributed by atoms with Crippen LogP contribution in [-0.4, -0.2) is 47.0 Å². The molecule has 0 saturated carbocycles. The second kappa shape index (κ2) is 8.72. The minimum absolute atomic E-state index is 0.0532. The minimum Gasteiger partial charge on any atom is -0.353 e. The molecule has 1 aromatic heterocycles. The maximum atomic E-state index is 13.1. The van der Waals surface area contributed by atoms with Crippen molar-refractivity contribution in [3.8, 4) is 0 Å². The number of piperazine rings is 1. The van der Waals surface area contributed by atoms with E-state index in [0.29, 0.717) is 5.92 Å². The van der Waals surface area contributed by atoms with Crippen LogP contribution in [0.15, 0.2) is 30.3 Å². The molecule has 5 heteroatoms. The highest BCUT2D eigenvalue weighted by Gasteiger charge is 2.29. The van der Waals surface area contributed by atoms with E-state index in [0.717, 1.165) is 55.5 Å². The summed E-state index contributed by atoms with van der Waals surface area (Å²) < 4.78 is 0. The summed E-state index contributed by atoms with van der Waals surface area (Å²) in [6.45, 7) is 13.6. The maximum Gasteiger partial charge on any atom is 0.230 e. The number of carbonyl (C=O) groups excluding carboxylic acids is 1. The van der Waals surface area contributed by atoms with Gasteiger partial charge in [-0.1, -0.05) is 51.1 Å². The lowest BCUT2D eigenvalue weighted by atomic mass is 9.94. The Kier molecular flexibility index (Phi) is 6.32. The molecule has 0 radical (unpaired) electrons. The topological polar surface area (TPSA) is 49.3 Å². The molecule has 5 nitrogen and oxygen atoms in total. The SMILES string of the molecule is CCC(C(=O)N1CCN(c2nc(C)nc(C)c2C(C)C)CC1)c1ccccc1. The number of nitrogens with zero attached hydrogens (tertiary/aromatic N) is 4. The molecular weight excluding hydrogens is 348 g/mol. The Labute approximate surface area is 168 Å². The molecule has 2 aromatic rings. The molecule has 1 fully saturated rings. The predicted octanol–water partition coefficient (Wildman–Crippen LogP) is 4.06. The second-order valence-corrected chi connectivity index (χ2v) is 7.93. The average Bonchev–Trinajstić information content (AvgIpc) is 2.68. The lowest BCUT2D eigenvalue weighted by Gasteiger charge is -2.38. The first kappa shape index (κ1) is 20.3. The summed E-state index contributed by atoms with van der Waals surface area (Å²) >= 11 is 0. The van der Waals surface area contributed by atoms with Gasteiger partial charge in [0.15, 0.2) is 0 Å². The number of carbonyl (C=O) groups is 1. The molecule has 28 heavy (non-hydrogen) atoms. The van der Waals surface area contributed by atoms with Crippen molar-refractivity contribution < 1.29 is 4.79 Å². The highest BCUT2D eigenvalue weighted by molar-refractivity contribution is 5.84. The van der Waals surface area contributed by atoms with E-state index < -0.39 is 0 Å². The standard InChI is InChI=1S/C23H32N4O/c1-6-20(19-10-8-7-9-11-19)23(28)27-14-12-26(13-15-27)22-21(16(2)3)17(4)24-18(5)25-22/h7-11,16,20H,6,12-15H2,1-5H3. The molecule has 3 rings (SSSR count). The van der Waals surface area contributed by atoms with Crippen LogP contribution in [0.3, 0.4) is 0 Å². The Balaban J connectivity index is 1.74. The van der Waals surface area contributed by atoms with Crippen LogP contribution in [0.1, 0.15) is 61.7 Å². The van der Waals surface area contributed by atoms with E-state index in [1.165, 1.54) is 5.56 Å². The van der Waals surface area contributed by atoms with Gasteiger partial charge in [-0.3, -0.25) is 4.79 Å². The van der Waals surface area contributed by atoms with Gasteiger partial charge >= 0.3 is 0 Å². The van der Waals surface area contributed by atoms with Crippen molar-refractivity contribution in [1.82, 2.24) is 14.9 Å². The predicted molar refractivity (Wildman–Crippen MR) is 114 cm³/mol. The zero-order valence-corrected chi connectivity index (χ0v) is 17.8. The Bertz CT molecular complexity index is 811. The van der Waals surface area contributed by atoms with Gasteiger partial charge in [0, 0.05) is 37.4 Å². The monoisotopic (exact) mass is 380 g/mol. The van der Waals surface area contributed by atoms with Crippen LogP contribution in [0.2, 0.25) is 0 Å². The fraction of sp³-hybridized carbons (Fsp3) is 0.522. The molecule has 0 N–H and O–H groups in total. The van der Waals surface area contributed by atoms with Crippen LogP contribution in [0.5, 0.6) is 0 Å². The lowest BCUT2D eigenvalue weighted by molar-refractivity contribution is -0.133. The van der Waals surface area contributed by atoms with Crippen molar-refractivity contribution >= 4 is 11.7 Å². The van der Waals surface area contributed by atoms with Crippen molar-refractivity contribution in [3.05, 3.63) is 53.0 Å². The van der Waals surface area contributed by atoms with Crippen molar-refractivity contribution in [3.63, 3.8) is 0 Å². The van der Waals surface area contributed by atoms with Crippen LogP contribution >= 0.6 is 0 Å². The van der Waals surface area contributed by atoms with Gasteiger partial charge in [0.25, 0.3) is 0 Å². The molecule has 1 amide bonds. The summed E-state index contributed by atoms with van der Waals surface area (Å²) in [4.78, 5) is 26.8. The Morgan fingerprint density at radius 1 is 1.04 bits per heavy atom. The summed E-state index contributed by atoms with van der Waals surface area (Å²) in [6.07, 6.45) is 0.824. The molecule has 1 saturated heterocycles. The molecule has 1 unspecified atom stereocenters. The molecular formula is C23H32N4O. The summed E-state index contributed by atoms with van der Waals surface area (Å²) in [5, 5.41) is 0. The maximum absolute atomic E-state index is 13.1. The molecule has 0 aliphatic carbocycles. The minimum atomic E-state index is -0.0532. The lowest BCUT2D eigenvalue weighted by Crippen LogP contribution is -2.50. The molecule has 1 aliphatic rings. The van der Waals surface area contributed by atoms with Crippen molar-refractivity contribution in [1.29, 1.82) is 0 Å². The number of rotatable bonds is 5. The molecule has 1 aliphatic heterocycles. The van der Waals surface area contributed by atoms with Crippen LogP contribution in [0.25, 0.3) is 0 Å². The first-order chi connectivity index (χ1) is 13.4. The third-order valence-electron chi connectivity index (χ3n) is 5.60. The van der Waals surface area contributed by atoms with Gasteiger partial charge in [0.05, 0.1) is 5.92 Å². The second-order valence-electron chi connectivity index (χ2n) is 7.93. The number of aryl methyl sites for hydroxylation is 2. The van der Waals surface area contributed by atoms with Crippen LogP contribution < -0.4 is 4.90 Å². The molecule has 1 atom stereocenters. The Morgan fingerprint density at radius 3 is 2.25 bits per heavy atom. The van der Waals surface area contributed by atoms with Gasteiger partial charge in [-0.05, 0) is 31.7 Å². The zero-order chi connectivity index (χ0) is 20.3. The molecule has 0 bridgehead atoms. The van der Waals surface area contributed by atoms with Gasteiger partial charge in [0.2, 0.25) is 5.91 Å². The smallest absolute Gasteiger partial charge is 0.230 e. The van der Waals surface area contributed by atoms with E-state index in [4.69, 9.17) is 4.98 Å². The van der Waals surface area contributed by atoms with Crippen LogP contribution in [0, 0.1) is 13.8 Å². The van der Waals surface area contributed by atoms with Crippen molar-refractivity contribution in [2.45, 2.75) is 52.9 Å². The van der Waals surface area contributed by atoms with Gasteiger partial charge in [-0.15, -0.1) is 0 Å². The van der Waals surface area contributed by atoms with E-state index in [2.05, 4.69) is 49.7 Å². The average molecular weight is 381 g/mol. The van der Waals surface area contributed by atoms with E-state index >= 15 is 0 Å². The quantitative estimate of drug-likeness (QED) is 0.785. The number of anilines is 1. The van der Waals surface area contributed by atoms with Gasteiger partial charge < -0.3 is 9.80 Å². The Morgan fingerprint density at radius 2 is 1.68 bits per heavy atom. The molecule has 1 aromatic carbocycles. The van der Waals surface area contributed by atoms with Crippen LogP contribution in [-0.2, 0) is 4.79 Å². The van der Waals surface area contributed by atoms with E-state index in [-0.39, 0.29) is 11.8 Å². The number of aromatic nitrogens is 2. The van der Waals surface area contributed by atoms with Crippen molar-refractivity contribution in [2.24, 2.45) is 0 Å². The summed E-state index contributed by atoms with van der Waals surface area (Å²) in [6, 6.07) is 10.1. The summed E-state index contributed by atoms with van der Waals surface area (Å²) in [5.41, 5.74) is 3.40. The van der Waals surface area contributed by atoms with Gasteiger partial charge in [0.1, 0.15) is 11.6 Å². The Hall–Kier alpha value is -2.43. The fourth-order valence-corrected chi connectivity index (χ4v) is 4.22. The highest BCUT2D eigenvalue weighted by Crippen LogP contribution is 2.29. The molecule has 0 spiro atoms. The number of benzene rings is 1. The third kappa shape index (κ3) is 4.18. The van der Waals surface area contributed by atoms with Crippen molar-refractivity contribution in [2.75, 3.05) is 31.1 Å². The van der Waals surface area contributed by atoms with Gasteiger partial charge in [-0.2, -0.15) is 0 Å². The zero-order valence-electron chi connectivity index (χ0n) is 17.8. The highest BCUT2D eigenvalue weighted by atomic mass is 16.2. The molecule has 150 valence electrons. The largest absolute Gasteiger partial charge is 0.353 e. The van der Waals surface area contributed by atoms with Gasteiger partial charge in [-0.25, -0.2) is 9.97 Å². The normalized spacial score (nSPS) is 15.8. The molecule has 2 heterocycles. The first-order valence-corrected chi connectivity index (χ1v) is 10.4. The van der Waals surface area contributed by atoms with Crippen LogP contribution in [0.4, 0.5) is 5.82 Å². The fourth-order valence-electron chi connectivity index (χ4n) is 4.22. The number of amides is 1. The third-order valence-corrected chi connectivity index (χ3v) is 5.60. The summed E-state index contributed by atoms with van der Waals surface area (Å²) in [7, 11) is 0. The van der Waals surface area contributed by atoms with E-state index in [1.54, 1.807) is 0 Å². The first-order valence-electron chi connectivity index (χ1n) is 10.4. The van der Waals surface area contributed by atoms with E-state index in [1.807, 2.05) is 30.0 Å². The van der Waals surface area contributed by atoms with E-state index in [9.17, 15) is 4.79 Å². The summed E-state index contributed by atoms with van der Waals surface area (Å²) in [5.74, 6) is 2.42.